The van der Waals surface area contributed by atoms with Crippen molar-refractivity contribution in [3.8, 4) is 5.75 Å². The number of carboxylic acids is 1. The minimum absolute atomic E-state index is 0.00626. The fourth-order valence-electron chi connectivity index (χ4n) is 3.72. The van der Waals surface area contributed by atoms with Crippen molar-refractivity contribution in [2.45, 2.75) is 69.3 Å². The molecule has 1 fully saturated rings. The molecule has 5 unspecified atom stereocenters. The Morgan fingerprint density at radius 3 is 2.25 bits per heavy atom. The van der Waals surface area contributed by atoms with Crippen LogP contribution in [0, 0.1) is 0 Å². The number of carboxylic acid groups (broad SMARTS) is 1. The number of benzene rings is 1. The van der Waals surface area contributed by atoms with Crippen LogP contribution in [0.3, 0.4) is 0 Å². The highest BCUT2D eigenvalue weighted by Crippen LogP contribution is 2.12. The number of aliphatic hydroxyl groups is 1. The lowest BCUT2D eigenvalue weighted by Crippen LogP contribution is -2.60. The number of nitrogens with two attached hydrogens (primary N) is 1. The molecular weight excluding hydrogens is 474 g/mol. The first kappa shape index (κ1) is 28.5. The highest BCUT2D eigenvalue weighted by molar-refractivity contribution is 5.94. The third kappa shape index (κ3) is 8.82. The van der Waals surface area contributed by atoms with Gasteiger partial charge in [0.2, 0.25) is 23.6 Å². The van der Waals surface area contributed by atoms with Crippen LogP contribution in [0.15, 0.2) is 24.3 Å². The van der Waals surface area contributed by atoms with E-state index in [1.165, 1.54) is 31.2 Å². The van der Waals surface area contributed by atoms with Crippen LogP contribution in [-0.4, -0.2) is 81.7 Å². The number of amides is 4. The van der Waals surface area contributed by atoms with E-state index in [1.54, 1.807) is 0 Å². The second-order valence-corrected chi connectivity index (χ2v) is 8.71. The zero-order valence-corrected chi connectivity index (χ0v) is 19.9. The van der Waals surface area contributed by atoms with Crippen LogP contribution in [0.25, 0.3) is 0 Å². The molecule has 0 bridgehead atoms. The van der Waals surface area contributed by atoms with Gasteiger partial charge in [-0.1, -0.05) is 12.1 Å². The summed E-state index contributed by atoms with van der Waals surface area (Å²) in [5.74, 6) is -4.29. The molecule has 1 aromatic carbocycles. The average molecular weight is 508 g/mol. The van der Waals surface area contributed by atoms with E-state index in [-0.39, 0.29) is 25.0 Å². The molecule has 1 aliphatic rings. The molecular formula is C23H33N5O8. The highest BCUT2D eigenvalue weighted by atomic mass is 16.4. The van der Waals surface area contributed by atoms with Crippen molar-refractivity contribution in [1.82, 2.24) is 21.3 Å². The Labute approximate surface area is 207 Å². The first-order valence-electron chi connectivity index (χ1n) is 11.6. The average Bonchev–Trinajstić information content (AvgIpc) is 3.35. The number of rotatable bonds is 13. The van der Waals surface area contributed by atoms with Gasteiger partial charge in [-0.05, 0) is 50.4 Å². The first-order chi connectivity index (χ1) is 17.0. The van der Waals surface area contributed by atoms with E-state index in [9.17, 15) is 39.3 Å². The number of aromatic hydroxyl groups is 1. The molecule has 198 valence electrons. The van der Waals surface area contributed by atoms with Crippen molar-refractivity contribution < 1.29 is 39.3 Å². The number of nitrogens with one attached hydrogen (secondary N) is 4. The van der Waals surface area contributed by atoms with Crippen molar-refractivity contribution >= 4 is 29.6 Å². The summed E-state index contributed by atoms with van der Waals surface area (Å²) in [5.41, 5.74) is 5.70. The number of phenols is 1. The van der Waals surface area contributed by atoms with Crippen LogP contribution >= 0.6 is 0 Å². The molecule has 9 N–H and O–H groups in total. The van der Waals surface area contributed by atoms with Crippen LogP contribution in [0.4, 0.5) is 0 Å². The number of aliphatic hydroxyl groups excluding tert-OH is 1. The Morgan fingerprint density at radius 1 is 1.06 bits per heavy atom. The highest BCUT2D eigenvalue weighted by Gasteiger charge is 2.33. The number of hydrogen-bond acceptors (Lipinski definition) is 8. The summed E-state index contributed by atoms with van der Waals surface area (Å²) in [5, 5.41) is 39.2. The van der Waals surface area contributed by atoms with Gasteiger partial charge in [0, 0.05) is 12.8 Å². The van der Waals surface area contributed by atoms with Gasteiger partial charge in [0.25, 0.3) is 0 Å². The lowest BCUT2D eigenvalue weighted by molar-refractivity contribution is -0.143. The lowest BCUT2D eigenvalue weighted by atomic mass is 10.0. The number of primary amides is 1. The predicted molar refractivity (Wildman–Crippen MR) is 126 cm³/mol. The summed E-state index contributed by atoms with van der Waals surface area (Å²) in [6, 6.07) is 1.09. The molecule has 13 heteroatoms. The number of aliphatic carboxylic acids is 1. The van der Waals surface area contributed by atoms with Crippen molar-refractivity contribution in [3.63, 3.8) is 0 Å². The molecule has 0 radical (unpaired) electrons. The number of phenolic OH excluding ortho intramolecular Hbond substituents is 1. The number of carbonyl (C=O) groups excluding carboxylic acids is 4. The Kier molecular flexibility index (Phi) is 10.6. The van der Waals surface area contributed by atoms with Crippen LogP contribution in [-0.2, 0) is 30.4 Å². The summed E-state index contributed by atoms with van der Waals surface area (Å²) in [6.07, 6.45) is -0.516. The predicted octanol–water partition coefficient (Wildman–Crippen LogP) is -2.13. The zero-order chi connectivity index (χ0) is 26.8. The summed E-state index contributed by atoms with van der Waals surface area (Å²) >= 11 is 0. The van der Waals surface area contributed by atoms with Crippen LogP contribution in [0.1, 0.15) is 38.2 Å². The van der Waals surface area contributed by atoms with Crippen molar-refractivity contribution in [3.05, 3.63) is 29.8 Å². The Morgan fingerprint density at radius 2 is 1.72 bits per heavy atom. The maximum atomic E-state index is 12.9. The molecule has 1 aliphatic heterocycles. The second kappa shape index (κ2) is 13.4. The maximum Gasteiger partial charge on any atom is 0.326 e. The molecule has 36 heavy (non-hydrogen) atoms. The fraction of sp³-hybridized carbons (Fsp3) is 0.522. The summed E-state index contributed by atoms with van der Waals surface area (Å²) in [6.45, 7) is 1.88. The van der Waals surface area contributed by atoms with E-state index in [1.807, 2.05) is 0 Å². The fourth-order valence-corrected chi connectivity index (χ4v) is 3.72. The van der Waals surface area contributed by atoms with Crippen molar-refractivity contribution in [2.75, 3.05) is 6.54 Å². The normalized spacial score (nSPS) is 18.3. The van der Waals surface area contributed by atoms with Gasteiger partial charge >= 0.3 is 5.97 Å². The van der Waals surface area contributed by atoms with E-state index in [2.05, 4.69) is 21.3 Å². The minimum atomic E-state index is -1.54. The molecule has 0 aromatic heterocycles. The summed E-state index contributed by atoms with van der Waals surface area (Å²) in [7, 11) is 0. The van der Waals surface area contributed by atoms with E-state index in [0.29, 0.717) is 18.5 Å². The topological polar surface area (TPSA) is 220 Å². The van der Waals surface area contributed by atoms with Gasteiger partial charge in [0.15, 0.2) is 0 Å². The summed E-state index contributed by atoms with van der Waals surface area (Å²) in [4.78, 5) is 61.2. The molecule has 0 spiro atoms. The summed E-state index contributed by atoms with van der Waals surface area (Å²) < 4.78 is 0. The van der Waals surface area contributed by atoms with Gasteiger partial charge in [-0.3, -0.25) is 19.2 Å². The molecule has 2 rings (SSSR count). The molecule has 0 aliphatic carbocycles. The number of hydrogen-bond donors (Lipinski definition) is 8. The molecule has 13 nitrogen and oxygen atoms in total. The number of carbonyl (C=O) groups is 5. The Balaban J connectivity index is 2.10. The molecule has 1 heterocycles. The van der Waals surface area contributed by atoms with E-state index >= 15 is 0 Å². The quantitative estimate of drug-likeness (QED) is 0.146. The van der Waals surface area contributed by atoms with Crippen molar-refractivity contribution in [2.24, 2.45) is 5.73 Å². The van der Waals surface area contributed by atoms with Gasteiger partial charge in [0.05, 0.1) is 12.1 Å². The smallest absolute Gasteiger partial charge is 0.326 e. The second-order valence-electron chi connectivity index (χ2n) is 8.71. The molecule has 5 atom stereocenters. The first-order valence-corrected chi connectivity index (χ1v) is 11.6. The maximum absolute atomic E-state index is 12.9. The third-order valence-electron chi connectivity index (χ3n) is 5.74. The SMILES string of the molecule is CC(O)C(NC(=O)C(CCC(N)=O)NC(=O)C1CCCN1)C(=O)NC(Cc1ccc(O)cc1)C(=O)O. The minimum Gasteiger partial charge on any atom is -0.508 e. The third-order valence-corrected chi connectivity index (χ3v) is 5.74. The van der Waals surface area contributed by atoms with Gasteiger partial charge in [-0.15, -0.1) is 0 Å². The monoisotopic (exact) mass is 507 g/mol. The van der Waals surface area contributed by atoms with Crippen LogP contribution in [0.5, 0.6) is 5.75 Å². The van der Waals surface area contributed by atoms with Crippen LogP contribution in [0.2, 0.25) is 0 Å². The lowest BCUT2D eigenvalue weighted by Gasteiger charge is -2.26. The molecule has 0 saturated carbocycles. The van der Waals surface area contributed by atoms with E-state index < -0.39 is 59.9 Å². The van der Waals surface area contributed by atoms with Gasteiger partial charge in [0.1, 0.15) is 23.9 Å². The van der Waals surface area contributed by atoms with Crippen molar-refractivity contribution in [1.29, 1.82) is 0 Å². The molecule has 1 aromatic rings. The van der Waals surface area contributed by atoms with Gasteiger partial charge in [-0.25, -0.2) is 4.79 Å². The van der Waals surface area contributed by atoms with Crippen LogP contribution < -0.4 is 27.0 Å². The molecule has 1 saturated heterocycles. The Hall–Kier alpha value is -3.71. The standard InChI is InChI=1S/C23H33N5O8/c1-12(29)19(22(34)27-17(23(35)36)11-13-4-6-14(30)7-5-13)28-21(33)16(8-9-18(24)31)26-20(32)15-3-2-10-25-15/h4-7,12,15-17,19,25,29-30H,2-3,8-11H2,1H3,(H2,24,31)(H,26,32)(H,27,34)(H,28,33)(H,35,36). The van der Waals surface area contributed by atoms with E-state index in [0.717, 1.165) is 6.42 Å². The van der Waals surface area contributed by atoms with Gasteiger partial charge < -0.3 is 42.3 Å². The molecule has 4 amide bonds. The Bertz CT molecular complexity index is 946. The van der Waals surface area contributed by atoms with Gasteiger partial charge in [-0.2, -0.15) is 0 Å². The van der Waals surface area contributed by atoms with E-state index in [4.69, 9.17) is 5.73 Å². The largest absolute Gasteiger partial charge is 0.508 e. The zero-order valence-electron chi connectivity index (χ0n) is 19.9.